The van der Waals surface area contributed by atoms with Gasteiger partial charge in [-0.05, 0) is 51.4 Å². The zero-order valence-electron chi connectivity index (χ0n) is 15.4. The molecule has 2 fully saturated rings. The molecule has 150 valence electrons. The molecule has 2 atom stereocenters. The van der Waals surface area contributed by atoms with E-state index in [9.17, 15) is 27.2 Å². The molecule has 4 nitrogen and oxygen atoms in total. The fraction of sp³-hybridized carbons (Fsp3) is 0.889. The van der Waals surface area contributed by atoms with Crippen molar-refractivity contribution in [1.29, 1.82) is 0 Å². The molecule has 0 aromatic carbocycles. The van der Waals surface area contributed by atoms with Crippen LogP contribution in [0.4, 0.5) is 17.6 Å². The first-order chi connectivity index (χ1) is 12.2. The minimum Gasteiger partial charge on any atom is -0.334 e. The molecule has 0 spiro atoms. The number of halogens is 4. The predicted octanol–water partition coefficient (Wildman–Crippen LogP) is 3.84. The highest BCUT2D eigenvalue weighted by molar-refractivity contribution is 5.95. The lowest BCUT2D eigenvalue weighted by Crippen LogP contribution is -2.63. The third kappa shape index (κ3) is 3.69. The van der Waals surface area contributed by atoms with Gasteiger partial charge in [0.05, 0.1) is 0 Å². The number of rotatable bonds is 5. The Kier molecular flexibility index (Phi) is 6.55. The molecule has 26 heavy (non-hydrogen) atoms. The number of hydrogen-bond donors (Lipinski definition) is 0. The average molecular weight is 380 g/mol. The van der Waals surface area contributed by atoms with Crippen molar-refractivity contribution in [3.8, 4) is 0 Å². The van der Waals surface area contributed by atoms with E-state index in [0.29, 0.717) is 38.5 Å². The number of carbonyl (C=O) groups is 2. The molecule has 0 saturated carbocycles. The Hall–Kier alpha value is -1.34. The van der Waals surface area contributed by atoms with Crippen molar-refractivity contribution >= 4 is 11.8 Å². The Labute approximate surface area is 151 Å². The minimum atomic E-state index is -5.04. The quantitative estimate of drug-likeness (QED) is 0.680. The molecule has 8 heteroatoms. The van der Waals surface area contributed by atoms with E-state index in [-0.39, 0.29) is 13.1 Å². The van der Waals surface area contributed by atoms with Crippen LogP contribution in [0.2, 0.25) is 0 Å². The van der Waals surface area contributed by atoms with Gasteiger partial charge in [-0.1, -0.05) is 13.8 Å². The second kappa shape index (κ2) is 8.13. The number of amides is 2. The first-order valence-corrected chi connectivity index (χ1v) is 9.56. The summed E-state index contributed by atoms with van der Waals surface area (Å²) in [5, 5.41) is 0. The lowest BCUT2D eigenvalue weighted by atomic mass is 9.96. The number of alkyl halides is 4. The highest BCUT2D eigenvalue weighted by atomic mass is 19.3. The van der Waals surface area contributed by atoms with Crippen LogP contribution in [-0.4, -0.2) is 58.6 Å². The number of hydrogen-bond acceptors (Lipinski definition) is 2. The van der Waals surface area contributed by atoms with Crippen LogP contribution in [0.15, 0.2) is 0 Å². The molecular weight excluding hydrogens is 352 g/mol. The third-order valence-electron chi connectivity index (χ3n) is 5.65. The van der Waals surface area contributed by atoms with Crippen LogP contribution in [0.1, 0.15) is 65.2 Å². The second-order valence-corrected chi connectivity index (χ2v) is 7.26. The first-order valence-electron chi connectivity index (χ1n) is 9.56. The predicted molar refractivity (Wildman–Crippen MR) is 89.2 cm³/mol. The first kappa shape index (κ1) is 21.0. The molecule has 0 aliphatic carbocycles. The molecule has 2 amide bonds. The summed E-state index contributed by atoms with van der Waals surface area (Å²) >= 11 is 0. The van der Waals surface area contributed by atoms with Gasteiger partial charge in [-0.2, -0.15) is 17.6 Å². The van der Waals surface area contributed by atoms with E-state index in [1.165, 1.54) is 0 Å². The van der Waals surface area contributed by atoms with Gasteiger partial charge in [0, 0.05) is 25.2 Å². The molecule has 2 saturated heterocycles. The van der Waals surface area contributed by atoms with E-state index in [4.69, 9.17) is 0 Å². The fourth-order valence-electron chi connectivity index (χ4n) is 4.01. The molecule has 2 heterocycles. The summed E-state index contributed by atoms with van der Waals surface area (Å²) in [5.74, 6) is -13.9. The van der Waals surface area contributed by atoms with Gasteiger partial charge in [-0.25, -0.2) is 0 Å². The van der Waals surface area contributed by atoms with Crippen LogP contribution in [0, 0.1) is 0 Å². The van der Waals surface area contributed by atoms with E-state index in [1.54, 1.807) is 13.8 Å². The van der Waals surface area contributed by atoms with Crippen LogP contribution >= 0.6 is 0 Å². The van der Waals surface area contributed by atoms with Crippen molar-refractivity contribution < 1.29 is 27.2 Å². The maximum atomic E-state index is 14.5. The Morgan fingerprint density at radius 1 is 0.769 bits per heavy atom. The largest absolute Gasteiger partial charge is 0.395 e. The minimum absolute atomic E-state index is 0.0263. The highest BCUT2D eigenvalue weighted by Crippen LogP contribution is 2.40. The monoisotopic (exact) mass is 380 g/mol. The SMILES string of the molecule is CCC1CCCCN1C(=O)C(F)(F)C(F)(F)C(=O)N1CCCCC1CC. The number of likely N-dealkylation sites (tertiary alicyclic amines) is 2. The third-order valence-corrected chi connectivity index (χ3v) is 5.65. The van der Waals surface area contributed by atoms with E-state index < -0.39 is 35.7 Å². The topological polar surface area (TPSA) is 40.6 Å². The zero-order valence-corrected chi connectivity index (χ0v) is 15.4. The van der Waals surface area contributed by atoms with Crippen molar-refractivity contribution in [3.05, 3.63) is 0 Å². The number of nitrogens with zero attached hydrogens (tertiary/aromatic N) is 2. The van der Waals surface area contributed by atoms with Crippen LogP contribution < -0.4 is 0 Å². The van der Waals surface area contributed by atoms with Crippen LogP contribution in [0.3, 0.4) is 0 Å². The summed E-state index contributed by atoms with van der Waals surface area (Å²) in [6.07, 6.45) is 4.43. The lowest BCUT2D eigenvalue weighted by molar-refractivity contribution is -0.226. The van der Waals surface area contributed by atoms with E-state index >= 15 is 0 Å². The molecule has 2 aliphatic heterocycles. The second-order valence-electron chi connectivity index (χ2n) is 7.26. The van der Waals surface area contributed by atoms with Gasteiger partial charge in [0.1, 0.15) is 0 Å². The van der Waals surface area contributed by atoms with Crippen LogP contribution in [-0.2, 0) is 9.59 Å². The van der Waals surface area contributed by atoms with Gasteiger partial charge in [0.25, 0.3) is 0 Å². The lowest BCUT2D eigenvalue weighted by Gasteiger charge is -2.41. The Morgan fingerprint density at radius 2 is 1.12 bits per heavy atom. The zero-order chi connectivity index (χ0) is 19.5. The van der Waals surface area contributed by atoms with Crippen LogP contribution in [0.5, 0.6) is 0 Å². The molecule has 0 N–H and O–H groups in total. The highest BCUT2D eigenvalue weighted by Gasteiger charge is 2.69. The number of carbonyl (C=O) groups excluding carboxylic acids is 2. The Balaban J connectivity index is 2.23. The number of piperidine rings is 2. The van der Waals surface area contributed by atoms with Gasteiger partial charge in [0.15, 0.2) is 0 Å². The summed E-state index contributed by atoms with van der Waals surface area (Å²) in [6, 6.07) is -0.960. The summed E-state index contributed by atoms with van der Waals surface area (Å²) in [5.41, 5.74) is 0. The molecule has 0 bridgehead atoms. The Morgan fingerprint density at radius 3 is 1.42 bits per heavy atom. The maximum Gasteiger partial charge on any atom is 0.395 e. The van der Waals surface area contributed by atoms with Crippen molar-refractivity contribution in [2.75, 3.05) is 13.1 Å². The van der Waals surface area contributed by atoms with Gasteiger partial charge in [0.2, 0.25) is 0 Å². The van der Waals surface area contributed by atoms with Gasteiger partial charge < -0.3 is 9.80 Å². The van der Waals surface area contributed by atoms with E-state index in [0.717, 1.165) is 22.6 Å². The molecule has 0 aromatic heterocycles. The summed E-state index contributed by atoms with van der Waals surface area (Å²) in [6.45, 7) is 3.52. The van der Waals surface area contributed by atoms with E-state index in [2.05, 4.69) is 0 Å². The molecule has 2 rings (SSSR count). The maximum absolute atomic E-state index is 14.5. The van der Waals surface area contributed by atoms with Crippen molar-refractivity contribution in [1.82, 2.24) is 9.80 Å². The van der Waals surface area contributed by atoms with E-state index in [1.807, 2.05) is 0 Å². The average Bonchev–Trinajstić information content (AvgIpc) is 2.66. The Bertz CT molecular complexity index is 481. The molecule has 2 aliphatic rings. The smallest absolute Gasteiger partial charge is 0.334 e. The molecule has 0 radical (unpaired) electrons. The summed E-state index contributed by atoms with van der Waals surface area (Å²) < 4.78 is 58.1. The van der Waals surface area contributed by atoms with Crippen molar-refractivity contribution in [3.63, 3.8) is 0 Å². The van der Waals surface area contributed by atoms with Gasteiger partial charge in [-0.15, -0.1) is 0 Å². The van der Waals surface area contributed by atoms with Crippen LogP contribution in [0.25, 0.3) is 0 Å². The molecule has 0 aromatic rings. The van der Waals surface area contributed by atoms with Crippen molar-refractivity contribution in [2.24, 2.45) is 0 Å². The molecular formula is C18H28F4N2O2. The fourth-order valence-corrected chi connectivity index (χ4v) is 4.01. The van der Waals surface area contributed by atoms with Crippen molar-refractivity contribution in [2.45, 2.75) is 89.1 Å². The van der Waals surface area contributed by atoms with Gasteiger partial charge >= 0.3 is 23.7 Å². The molecule has 2 unspecified atom stereocenters. The summed E-state index contributed by atoms with van der Waals surface area (Å²) in [4.78, 5) is 26.3. The standard InChI is InChI=1S/C18H28F4N2O2/c1-3-13-9-5-7-11-23(13)15(25)17(19,20)18(21,22)16(26)24-12-8-6-10-14(24)4-2/h13-14H,3-12H2,1-2H3. The summed E-state index contributed by atoms with van der Waals surface area (Å²) in [7, 11) is 0. The normalized spacial score (nSPS) is 25.3. The van der Waals surface area contributed by atoms with Gasteiger partial charge in [-0.3, -0.25) is 9.59 Å².